The summed E-state index contributed by atoms with van der Waals surface area (Å²) in [5, 5.41) is 4.86. The second-order valence-electron chi connectivity index (χ2n) is 4.44. The number of benzene rings is 1. The van der Waals surface area contributed by atoms with Crippen molar-refractivity contribution in [3.63, 3.8) is 0 Å². The minimum atomic E-state index is -0.213. The number of nitrogens with zero attached hydrogens (tertiary/aromatic N) is 2. The molecule has 2 aromatic rings. The fraction of sp³-hybridized carbons (Fsp3) is 0.267. The monoisotopic (exact) mass is 287 g/mol. The van der Waals surface area contributed by atoms with Gasteiger partial charge in [-0.25, -0.2) is 10.4 Å². The molecule has 0 unspecified atom stereocenters. The van der Waals surface area contributed by atoms with Crippen molar-refractivity contribution in [2.45, 2.75) is 27.2 Å². The molecule has 0 saturated heterocycles. The van der Waals surface area contributed by atoms with Gasteiger partial charge in [-0.15, -0.1) is 11.3 Å². The second-order valence-corrected chi connectivity index (χ2v) is 5.64. The van der Waals surface area contributed by atoms with E-state index in [0.29, 0.717) is 4.88 Å². The third-order valence-electron chi connectivity index (χ3n) is 2.88. The number of hydrogen-bond acceptors (Lipinski definition) is 4. The summed E-state index contributed by atoms with van der Waals surface area (Å²) in [5.74, 6) is -0.213. The summed E-state index contributed by atoms with van der Waals surface area (Å²) in [6, 6.07) is 8.08. The standard InChI is InChI=1S/C15H17N3OS/c1-4-12-5-7-13(8-6-12)9-16-18-15(19)14-10(2)17-11(3)20-14/h5-9H,4H2,1-3H3,(H,18,19)/b16-9+. The number of aromatic nitrogens is 1. The molecule has 0 saturated carbocycles. The molecule has 0 fully saturated rings. The number of hydrogen-bond donors (Lipinski definition) is 1. The Balaban J connectivity index is 1.98. The number of amides is 1. The summed E-state index contributed by atoms with van der Waals surface area (Å²) in [4.78, 5) is 16.8. The Morgan fingerprint density at radius 1 is 1.35 bits per heavy atom. The zero-order valence-corrected chi connectivity index (χ0v) is 12.6. The van der Waals surface area contributed by atoms with E-state index in [1.54, 1.807) is 6.21 Å². The normalized spacial score (nSPS) is 10.9. The molecule has 104 valence electrons. The summed E-state index contributed by atoms with van der Waals surface area (Å²) in [6.07, 6.45) is 2.65. The lowest BCUT2D eigenvalue weighted by Gasteiger charge is -1.98. The fourth-order valence-corrected chi connectivity index (χ4v) is 2.61. The number of aryl methyl sites for hydroxylation is 3. The Morgan fingerprint density at radius 3 is 2.60 bits per heavy atom. The summed E-state index contributed by atoms with van der Waals surface area (Å²) in [5.41, 5.74) is 5.51. The van der Waals surface area contributed by atoms with Crippen molar-refractivity contribution in [3.05, 3.63) is 51.0 Å². The number of hydrazone groups is 1. The molecule has 1 heterocycles. The average molecular weight is 287 g/mol. The maximum atomic E-state index is 11.9. The number of carbonyl (C=O) groups excluding carboxylic acids is 1. The molecule has 0 aliphatic rings. The van der Waals surface area contributed by atoms with Crippen LogP contribution in [0.5, 0.6) is 0 Å². The van der Waals surface area contributed by atoms with E-state index >= 15 is 0 Å². The maximum absolute atomic E-state index is 11.9. The fourth-order valence-electron chi connectivity index (χ4n) is 1.80. The van der Waals surface area contributed by atoms with E-state index in [0.717, 1.165) is 22.7 Å². The van der Waals surface area contributed by atoms with Gasteiger partial charge in [-0.05, 0) is 31.4 Å². The van der Waals surface area contributed by atoms with Crippen LogP contribution in [0.3, 0.4) is 0 Å². The van der Waals surface area contributed by atoms with Gasteiger partial charge in [0.1, 0.15) is 4.88 Å². The van der Waals surface area contributed by atoms with Crippen molar-refractivity contribution >= 4 is 23.5 Å². The zero-order valence-electron chi connectivity index (χ0n) is 11.8. The van der Waals surface area contributed by atoms with Crippen molar-refractivity contribution in [2.24, 2.45) is 5.10 Å². The van der Waals surface area contributed by atoms with Gasteiger partial charge in [-0.1, -0.05) is 31.2 Å². The molecule has 4 nitrogen and oxygen atoms in total. The van der Waals surface area contributed by atoms with Crippen LogP contribution in [0, 0.1) is 13.8 Å². The van der Waals surface area contributed by atoms with Crippen LogP contribution in [0.2, 0.25) is 0 Å². The molecular formula is C15H17N3OS. The molecule has 2 rings (SSSR count). The summed E-state index contributed by atoms with van der Waals surface area (Å²) in [7, 11) is 0. The van der Waals surface area contributed by atoms with Crippen LogP contribution in [-0.4, -0.2) is 17.1 Å². The van der Waals surface area contributed by atoms with Gasteiger partial charge in [0.05, 0.1) is 16.9 Å². The van der Waals surface area contributed by atoms with E-state index in [4.69, 9.17) is 0 Å². The molecule has 0 spiro atoms. The highest BCUT2D eigenvalue weighted by Crippen LogP contribution is 2.16. The van der Waals surface area contributed by atoms with Crippen LogP contribution >= 0.6 is 11.3 Å². The second kappa shape index (κ2) is 6.43. The van der Waals surface area contributed by atoms with Crippen molar-refractivity contribution in [1.82, 2.24) is 10.4 Å². The smallest absolute Gasteiger partial charge is 0.266 e. The van der Waals surface area contributed by atoms with Crippen LogP contribution in [0.15, 0.2) is 29.4 Å². The Morgan fingerprint density at radius 2 is 2.05 bits per heavy atom. The summed E-state index contributed by atoms with van der Waals surface area (Å²) >= 11 is 1.38. The Hall–Kier alpha value is -2.01. The first-order valence-electron chi connectivity index (χ1n) is 6.46. The SMILES string of the molecule is CCc1ccc(/C=N/NC(=O)c2sc(C)nc2C)cc1. The lowest BCUT2D eigenvalue weighted by molar-refractivity contribution is 0.0958. The van der Waals surface area contributed by atoms with E-state index in [1.165, 1.54) is 16.9 Å². The third-order valence-corrected chi connectivity index (χ3v) is 3.95. The highest BCUT2D eigenvalue weighted by Gasteiger charge is 2.12. The van der Waals surface area contributed by atoms with Gasteiger partial charge in [0, 0.05) is 0 Å². The minimum absolute atomic E-state index is 0.213. The van der Waals surface area contributed by atoms with Gasteiger partial charge in [-0.3, -0.25) is 4.79 Å². The molecule has 5 heteroatoms. The van der Waals surface area contributed by atoms with Crippen molar-refractivity contribution in [2.75, 3.05) is 0 Å². The van der Waals surface area contributed by atoms with E-state index < -0.39 is 0 Å². The first-order chi connectivity index (χ1) is 9.60. The Bertz CT molecular complexity index is 629. The van der Waals surface area contributed by atoms with Gasteiger partial charge >= 0.3 is 0 Å². The Kier molecular flexibility index (Phi) is 4.63. The van der Waals surface area contributed by atoms with E-state index in [9.17, 15) is 4.79 Å². The molecule has 1 amide bonds. The van der Waals surface area contributed by atoms with Crippen LogP contribution in [0.25, 0.3) is 0 Å². The molecule has 0 bridgehead atoms. The molecular weight excluding hydrogens is 270 g/mol. The Labute approximate surface area is 122 Å². The first kappa shape index (κ1) is 14.4. The van der Waals surface area contributed by atoms with Gasteiger partial charge in [0.15, 0.2) is 0 Å². The molecule has 0 atom stereocenters. The van der Waals surface area contributed by atoms with Gasteiger partial charge in [0.25, 0.3) is 5.91 Å². The number of carbonyl (C=O) groups is 1. The van der Waals surface area contributed by atoms with Crippen LogP contribution < -0.4 is 5.43 Å². The molecule has 1 aromatic carbocycles. The predicted molar refractivity (Wildman–Crippen MR) is 82.5 cm³/mol. The maximum Gasteiger partial charge on any atom is 0.283 e. The van der Waals surface area contributed by atoms with Gasteiger partial charge in [-0.2, -0.15) is 5.10 Å². The molecule has 20 heavy (non-hydrogen) atoms. The third kappa shape index (κ3) is 3.51. The summed E-state index contributed by atoms with van der Waals surface area (Å²) in [6.45, 7) is 5.82. The average Bonchev–Trinajstić information content (AvgIpc) is 2.78. The highest BCUT2D eigenvalue weighted by atomic mass is 32.1. The van der Waals surface area contributed by atoms with Crippen LogP contribution in [-0.2, 0) is 6.42 Å². The quantitative estimate of drug-likeness (QED) is 0.694. The lowest BCUT2D eigenvalue weighted by Crippen LogP contribution is -2.17. The predicted octanol–water partition coefficient (Wildman–Crippen LogP) is 3.09. The van der Waals surface area contributed by atoms with Gasteiger partial charge < -0.3 is 0 Å². The topological polar surface area (TPSA) is 54.4 Å². The van der Waals surface area contributed by atoms with Crippen molar-refractivity contribution < 1.29 is 4.79 Å². The van der Waals surface area contributed by atoms with Crippen LogP contribution in [0.4, 0.5) is 0 Å². The number of thiazole rings is 1. The number of rotatable bonds is 4. The zero-order chi connectivity index (χ0) is 14.5. The van der Waals surface area contributed by atoms with Gasteiger partial charge in [0.2, 0.25) is 0 Å². The molecule has 0 aliphatic heterocycles. The van der Waals surface area contributed by atoms with E-state index in [2.05, 4.69) is 34.6 Å². The van der Waals surface area contributed by atoms with E-state index in [1.807, 2.05) is 26.0 Å². The lowest BCUT2D eigenvalue weighted by atomic mass is 10.1. The largest absolute Gasteiger partial charge is 0.283 e. The van der Waals surface area contributed by atoms with Crippen LogP contribution in [0.1, 0.15) is 38.4 Å². The molecule has 0 radical (unpaired) electrons. The van der Waals surface area contributed by atoms with E-state index in [-0.39, 0.29) is 5.91 Å². The molecule has 1 N–H and O–H groups in total. The highest BCUT2D eigenvalue weighted by molar-refractivity contribution is 7.13. The van der Waals surface area contributed by atoms with Crippen molar-refractivity contribution in [3.8, 4) is 0 Å². The molecule has 1 aromatic heterocycles. The van der Waals surface area contributed by atoms with Crippen molar-refractivity contribution in [1.29, 1.82) is 0 Å². The molecule has 0 aliphatic carbocycles. The minimum Gasteiger partial charge on any atom is -0.266 e. The summed E-state index contributed by atoms with van der Waals surface area (Å²) < 4.78 is 0. The first-order valence-corrected chi connectivity index (χ1v) is 7.28. The number of nitrogens with one attached hydrogen (secondary N) is 1.